The van der Waals surface area contributed by atoms with Crippen LogP contribution in [0.2, 0.25) is 5.02 Å². The minimum Gasteiger partial charge on any atom is -0.506 e. The van der Waals surface area contributed by atoms with Crippen LogP contribution < -0.4 is 5.32 Å². The second-order valence-corrected chi connectivity index (χ2v) is 3.17. The van der Waals surface area contributed by atoms with Crippen LogP contribution in [0.1, 0.15) is 11.6 Å². The van der Waals surface area contributed by atoms with Crippen LogP contribution in [0.15, 0.2) is 18.2 Å². The van der Waals surface area contributed by atoms with Gasteiger partial charge in [-0.05, 0) is 17.7 Å². The summed E-state index contributed by atoms with van der Waals surface area (Å²) in [6.07, 6.45) is 0.291. The fourth-order valence-electron chi connectivity index (χ4n) is 1.08. The molecule has 5 nitrogen and oxygen atoms in total. The lowest BCUT2D eigenvalue weighted by Gasteiger charge is -2.11. The Balaban J connectivity index is 3.06. The number of benzene rings is 1. The summed E-state index contributed by atoms with van der Waals surface area (Å²) in [5, 5.41) is 20.1. The SMILES string of the molecule is O=CN[C@@H](C(=O)O)c1ccc(O)c(Cl)c1. The first kappa shape index (κ1) is 11.3. The highest BCUT2D eigenvalue weighted by Crippen LogP contribution is 2.26. The highest BCUT2D eigenvalue weighted by Gasteiger charge is 2.19. The summed E-state index contributed by atoms with van der Waals surface area (Å²) in [4.78, 5) is 20.9. The van der Waals surface area contributed by atoms with Crippen LogP contribution in [0.3, 0.4) is 0 Å². The van der Waals surface area contributed by atoms with Crippen LogP contribution >= 0.6 is 11.6 Å². The van der Waals surface area contributed by atoms with Crippen LogP contribution in [0.4, 0.5) is 0 Å². The molecule has 80 valence electrons. The number of phenolic OH excluding ortho intramolecular Hbond substituents is 1. The van der Waals surface area contributed by atoms with Crippen LogP contribution in [-0.4, -0.2) is 22.6 Å². The maximum atomic E-state index is 10.8. The minimum absolute atomic E-state index is 0.0337. The lowest BCUT2D eigenvalue weighted by Crippen LogP contribution is -2.27. The highest BCUT2D eigenvalue weighted by molar-refractivity contribution is 6.32. The molecule has 0 bridgehead atoms. The fraction of sp³-hybridized carbons (Fsp3) is 0.111. The molecule has 1 aromatic rings. The number of nitrogens with one attached hydrogen (secondary N) is 1. The van der Waals surface area contributed by atoms with E-state index >= 15 is 0 Å². The molecule has 0 heterocycles. The molecular weight excluding hydrogens is 222 g/mol. The Hall–Kier alpha value is -1.75. The van der Waals surface area contributed by atoms with E-state index in [4.69, 9.17) is 21.8 Å². The molecule has 0 unspecified atom stereocenters. The first-order chi connectivity index (χ1) is 7.06. The topological polar surface area (TPSA) is 86.6 Å². The smallest absolute Gasteiger partial charge is 0.330 e. The molecule has 1 aromatic carbocycles. The van der Waals surface area contributed by atoms with Gasteiger partial charge in [-0.25, -0.2) is 4.79 Å². The number of amides is 1. The van der Waals surface area contributed by atoms with E-state index in [1.807, 2.05) is 0 Å². The third-order valence-electron chi connectivity index (χ3n) is 1.79. The summed E-state index contributed by atoms with van der Waals surface area (Å²) in [6, 6.07) is 2.75. The van der Waals surface area contributed by atoms with Gasteiger partial charge in [-0.1, -0.05) is 17.7 Å². The number of carboxylic acids is 1. The molecule has 0 fully saturated rings. The average molecular weight is 230 g/mol. The van der Waals surface area contributed by atoms with Crippen molar-refractivity contribution in [2.45, 2.75) is 6.04 Å². The molecule has 0 aromatic heterocycles. The number of hydrogen-bond donors (Lipinski definition) is 3. The van der Waals surface area contributed by atoms with Crippen molar-refractivity contribution in [3.05, 3.63) is 28.8 Å². The Morgan fingerprint density at radius 2 is 2.20 bits per heavy atom. The second kappa shape index (κ2) is 4.65. The van der Waals surface area contributed by atoms with E-state index in [1.165, 1.54) is 18.2 Å². The molecule has 0 saturated heterocycles. The van der Waals surface area contributed by atoms with Gasteiger partial charge < -0.3 is 15.5 Å². The maximum Gasteiger partial charge on any atom is 0.330 e. The van der Waals surface area contributed by atoms with Gasteiger partial charge in [0.05, 0.1) is 5.02 Å². The fourth-order valence-corrected chi connectivity index (χ4v) is 1.27. The third-order valence-corrected chi connectivity index (χ3v) is 2.09. The molecule has 0 radical (unpaired) electrons. The van der Waals surface area contributed by atoms with Crippen molar-refractivity contribution < 1.29 is 19.8 Å². The zero-order valence-electron chi connectivity index (χ0n) is 7.48. The first-order valence-corrected chi connectivity index (χ1v) is 4.35. The minimum atomic E-state index is -1.20. The van der Waals surface area contributed by atoms with Crippen molar-refractivity contribution in [1.29, 1.82) is 0 Å². The van der Waals surface area contributed by atoms with E-state index in [9.17, 15) is 9.59 Å². The number of halogens is 1. The number of phenols is 1. The van der Waals surface area contributed by atoms with Gasteiger partial charge in [0.25, 0.3) is 0 Å². The number of carboxylic acid groups (broad SMARTS) is 1. The van der Waals surface area contributed by atoms with E-state index in [2.05, 4.69) is 5.32 Å². The lowest BCUT2D eigenvalue weighted by atomic mass is 10.1. The van der Waals surface area contributed by atoms with E-state index in [0.29, 0.717) is 6.41 Å². The van der Waals surface area contributed by atoms with E-state index < -0.39 is 12.0 Å². The summed E-state index contributed by atoms with van der Waals surface area (Å²) < 4.78 is 0. The summed E-state index contributed by atoms with van der Waals surface area (Å²) in [5.41, 5.74) is 0.289. The van der Waals surface area contributed by atoms with Gasteiger partial charge in [0.1, 0.15) is 5.75 Å². The van der Waals surface area contributed by atoms with Crippen molar-refractivity contribution in [1.82, 2.24) is 5.32 Å². The standard InChI is InChI=1S/C9H8ClNO4/c10-6-3-5(1-2-7(6)13)8(9(14)15)11-4-12/h1-4,8,13H,(H,11,12)(H,14,15)/t8-/m1/s1. The Kier molecular flexibility index (Phi) is 3.51. The number of hydrogen-bond acceptors (Lipinski definition) is 3. The lowest BCUT2D eigenvalue weighted by molar-refractivity contribution is -0.140. The molecule has 0 spiro atoms. The maximum absolute atomic E-state index is 10.8. The monoisotopic (exact) mass is 229 g/mol. The van der Waals surface area contributed by atoms with Gasteiger partial charge in [0.15, 0.2) is 6.04 Å². The molecule has 1 rings (SSSR count). The van der Waals surface area contributed by atoms with Gasteiger partial charge >= 0.3 is 5.97 Å². The molecule has 3 N–H and O–H groups in total. The summed E-state index contributed by atoms with van der Waals surface area (Å²) in [7, 11) is 0. The molecule has 0 aliphatic heterocycles. The normalized spacial score (nSPS) is 11.8. The largest absolute Gasteiger partial charge is 0.506 e. The van der Waals surface area contributed by atoms with E-state index in [0.717, 1.165) is 0 Å². The molecule has 1 amide bonds. The summed E-state index contributed by atoms with van der Waals surface area (Å²) in [5.74, 6) is -1.35. The number of rotatable bonds is 4. The van der Waals surface area contributed by atoms with Crippen molar-refractivity contribution in [3.63, 3.8) is 0 Å². The Morgan fingerprint density at radius 1 is 1.53 bits per heavy atom. The second-order valence-electron chi connectivity index (χ2n) is 2.77. The first-order valence-electron chi connectivity index (χ1n) is 3.97. The molecular formula is C9H8ClNO4. The van der Waals surface area contributed by atoms with Crippen LogP contribution in [0.25, 0.3) is 0 Å². The number of carbonyl (C=O) groups excluding carboxylic acids is 1. The van der Waals surface area contributed by atoms with E-state index in [-0.39, 0.29) is 16.3 Å². The van der Waals surface area contributed by atoms with Crippen molar-refractivity contribution in [2.24, 2.45) is 0 Å². The number of aliphatic carboxylic acids is 1. The molecule has 0 saturated carbocycles. The van der Waals surface area contributed by atoms with Gasteiger partial charge in [0.2, 0.25) is 6.41 Å². The average Bonchev–Trinajstić information content (AvgIpc) is 2.18. The molecule has 1 atom stereocenters. The number of aromatic hydroxyl groups is 1. The zero-order valence-corrected chi connectivity index (χ0v) is 8.23. The molecule has 6 heteroatoms. The Bertz CT molecular complexity index is 394. The quantitative estimate of drug-likeness (QED) is 0.670. The molecule has 0 aliphatic rings. The zero-order chi connectivity index (χ0) is 11.4. The molecule has 0 aliphatic carbocycles. The Morgan fingerprint density at radius 3 is 2.67 bits per heavy atom. The predicted molar refractivity (Wildman–Crippen MR) is 52.7 cm³/mol. The van der Waals surface area contributed by atoms with Gasteiger partial charge in [0, 0.05) is 0 Å². The molecule has 15 heavy (non-hydrogen) atoms. The van der Waals surface area contributed by atoms with Crippen molar-refractivity contribution >= 4 is 24.0 Å². The highest BCUT2D eigenvalue weighted by atomic mass is 35.5. The summed E-state index contributed by atoms with van der Waals surface area (Å²) >= 11 is 5.60. The van der Waals surface area contributed by atoms with Crippen molar-refractivity contribution in [2.75, 3.05) is 0 Å². The van der Waals surface area contributed by atoms with Gasteiger partial charge in [-0.3, -0.25) is 4.79 Å². The van der Waals surface area contributed by atoms with Gasteiger partial charge in [-0.2, -0.15) is 0 Å². The van der Waals surface area contributed by atoms with Crippen LogP contribution in [-0.2, 0) is 9.59 Å². The summed E-state index contributed by atoms with van der Waals surface area (Å²) in [6.45, 7) is 0. The predicted octanol–water partition coefficient (Wildman–Crippen LogP) is 0.917. The van der Waals surface area contributed by atoms with Gasteiger partial charge in [-0.15, -0.1) is 0 Å². The van der Waals surface area contributed by atoms with Crippen LogP contribution in [0, 0.1) is 0 Å². The third kappa shape index (κ3) is 2.60. The number of carbonyl (C=O) groups is 2. The van der Waals surface area contributed by atoms with E-state index in [1.54, 1.807) is 0 Å². The Labute approximate surface area is 90.3 Å². The van der Waals surface area contributed by atoms with Crippen LogP contribution in [0.5, 0.6) is 5.75 Å². The van der Waals surface area contributed by atoms with Crippen molar-refractivity contribution in [3.8, 4) is 5.75 Å².